The molecule has 0 spiro atoms. The topological polar surface area (TPSA) is 83.6 Å². The quantitative estimate of drug-likeness (QED) is 0.830. The van der Waals surface area contributed by atoms with Crippen LogP contribution in [0.25, 0.3) is 0 Å². The number of anilines is 1. The zero-order chi connectivity index (χ0) is 17.9. The van der Waals surface area contributed by atoms with Crippen LogP contribution in [-0.4, -0.2) is 49.7 Å². The first-order valence-corrected chi connectivity index (χ1v) is 10.0. The maximum Gasteiger partial charge on any atom is 0.313 e. The standard InChI is InChI=1S/C17H24N2O4S/c1-4-12-7-6-8-13(5-2)15(12)18-16(20)17(21)19(3)14-9-10-24(22,23)11-14/h6-8,14H,4-5,9-11H2,1-3H3,(H,18,20). The Morgan fingerprint density at radius 1 is 1.21 bits per heavy atom. The predicted octanol–water partition coefficient (Wildman–Crippen LogP) is 1.40. The molecule has 0 saturated carbocycles. The number of amides is 2. The lowest BCUT2D eigenvalue weighted by Crippen LogP contribution is -2.44. The maximum absolute atomic E-state index is 12.4. The number of likely N-dealkylation sites (N-methyl/N-ethyl adjacent to an activating group) is 1. The van der Waals surface area contributed by atoms with Crippen LogP contribution in [0.1, 0.15) is 31.4 Å². The van der Waals surface area contributed by atoms with Gasteiger partial charge in [0.2, 0.25) is 0 Å². The number of para-hydroxylation sites is 1. The number of carbonyl (C=O) groups is 2. The third kappa shape index (κ3) is 3.95. The third-order valence-corrected chi connectivity index (χ3v) is 6.26. The summed E-state index contributed by atoms with van der Waals surface area (Å²) in [6.07, 6.45) is 1.87. The molecular weight excluding hydrogens is 328 g/mol. The van der Waals surface area contributed by atoms with Crippen molar-refractivity contribution < 1.29 is 18.0 Å². The molecule has 2 rings (SSSR count). The molecule has 24 heavy (non-hydrogen) atoms. The van der Waals surface area contributed by atoms with Crippen molar-refractivity contribution >= 4 is 27.3 Å². The van der Waals surface area contributed by atoms with Gasteiger partial charge in [-0.1, -0.05) is 32.0 Å². The van der Waals surface area contributed by atoms with Gasteiger partial charge in [-0.25, -0.2) is 8.42 Å². The van der Waals surface area contributed by atoms with Crippen LogP contribution in [-0.2, 0) is 32.3 Å². The second-order valence-corrected chi connectivity index (χ2v) is 8.31. The van der Waals surface area contributed by atoms with E-state index in [9.17, 15) is 18.0 Å². The van der Waals surface area contributed by atoms with Crippen LogP contribution < -0.4 is 5.32 Å². The molecular formula is C17H24N2O4S. The summed E-state index contributed by atoms with van der Waals surface area (Å²) in [5.74, 6) is -1.44. The minimum atomic E-state index is -3.11. The Morgan fingerprint density at radius 3 is 2.25 bits per heavy atom. The summed E-state index contributed by atoms with van der Waals surface area (Å²) in [5.41, 5.74) is 2.64. The van der Waals surface area contributed by atoms with Crippen LogP contribution in [0.5, 0.6) is 0 Å². The number of nitrogens with one attached hydrogen (secondary N) is 1. The fourth-order valence-electron chi connectivity index (χ4n) is 2.98. The number of hydrogen-bond acceptors (Lipinski definition) is 4. The van der Waals surface area contributed by atoms with Gasteiger partial charge in [0.25, 0.3) is 0 Å². The average Bonchev–Trinajstić information content (AvgIpc) is 2.93. The number of aryl methyl sites for hydroxylation is 2. The molecule has 1 aliphatic rings. The number of sulfone groups is 1. The van der Waals surface area contributed by atoms with E-state index in [4.69, 9.17) is 0 Å². The highest BCUT2D eigenvalue weighted by atomic mass is 32.2. The average molecular weight is 352 g/mol. The molecule has 1 aromatic carbocycles. The molecule has 1 N–H and O–H groups in total. The SMILES string of the molecule is CCc1cccc(CC)c1NC(=O)C(=O)N(C)C1CCS(=O)(=O)C1. The van der Waals surface area contributed by atoms with Crippen molar-refractivity contribution in [3.63, 3.8) is 0 Å². The predicted molar refractivity (Wildman–Crippen MR) is 93.7 cm³/mol. The summed E-state index contributed by atoms with van der Waals surface area (Å²) >= 11 is 0. The molecule has 1 atom stereocenters. The largest absolute Gasteiger partial charge is 0.333 e. The van der Waals surface area contributed by atoms with Crippen molar-refractivity contribution in [3.05, 3.63) is 29.3 Å². The molecule has 132 valence electrons. The van der Waals surface area contributed by atoms with E-state index in [2.05, 4.69) is 5.32 Å². The lowest BCUT2D eigenvalue weighted by atomic mass is 10.0. The third-order valence-electron chi connectivity index (χ3n) is 4.51. The Balaban J connectivity index is 2.14. The summed E-state index contributed by atoms with van der Waals surface area (Å²) in [4.78, 5) is 26.0. The number of carbonyl (C=O) groups excluding carboxylic acids is 2. The number of nitrogens with zero attached hydrogens (tertiary/aromatic N) is 1. The maximum atomic E-state index is 12.4. The Hall–Kier alpha value is -1.89. The molecule has 7 heteroatoms. The van der Waals surface area contributed by atoms with Crippen molar-refractivity contribution in [1.29, 1.82) is 0 Å². The van der Waals surface area contributed by atoms with Crippen molar-refractivity contribution in [2.45, 2.75) is 39.2 Å². The lowest BCUT2D eigenvalue weighted by molar-refractivity contribution is -0.143. The van der Waals surface area contributed by atoms with E-state index < -0.39 is 27.7 Å². The lowest BCUT2D eigenvalue weighted by Gasteiger charge is -2.23. The highest BCUT2D eigenvalue weighted by molar-refractivity contribution is 7.91. The minimum absolute atomic E-state index is 0.0650. The summed E-state index contributed by atoms with van der Waals surface area (Å²) in [5, 5.41) is 2.73. The van der Waals surface area contributed by atoms with Crippen molar-refractivity contribution in [2.24, 2.45) is 0 Å². The monoisotopic (exact) mass is 352 g/mol. The van der Waals surface area contributed by atoms with Gasteiger partial charge in [-0.2, -0.15) is 0 Å². The van der Waals surface area contributed by atoms with E-state index in [1.807, 2.05) is 32.0 Å². The Labute approximate surface area is 143 Å². The van der Waals surface area contributed by atoms with Gasteiger partial charge in [0.1, 0.15) is 0 Å². The Bertz CT molecular complexity index is 721. The molecule has 1 aliphatic heterocycles. The van der Waals surface area contributed by atoms with Gasteiger partial charge in [-0.15, -0.1) is 0 Å². The highest BCUT2D eigenvalue weighted by Gasteiger charge is 2.34. The highest BCUT2D eigenvalue weighted by Crippen LogP contribution is 2.23. The smallest absolute Gasteiger partial charge is 0.313 e. The summed E-state index contributed by atoms with van der Waals surface area (Å²) in [7, 11) is -1.62. The van der Waals surface area contributed by atoms with E-state index in [1.165, 1.54) is 11.9 Å². The van der Waals surface area contributed by atoms with Crippen LogP contribution >= 0.6 is 0 Å². The Kier molecular flexibility index (Phi) is 5.64. The molecule has 1 unspecified atom stereocenters. The van der Waals surface area contributed by atoms with Crippen LogP contribution in [0.4, 0.5) is 5.69 Å². The number of hydrogen-bond donors (Lipinski definition) is 1. The fourth-order valence-corrected chi connectivity index (χ4v) is 4.75. The molecule has 1 fully saturated rings. The molecule has 0 aromatic heterocycles. The molecule has 0 aliphatic carbocycles. The summed E-state index contributed by atoms with van der Waals surface area (Å²) in [6, 6.07) is 5.35. The molecule has 1 heterocycles. The second-order valence-electron chi connectivity index (χ2n) is 6.09. The first kappa shape index (κ1) is 18.4. The number of rotatable bonds is 4. The van der Waals surface area contributed by atoms with Crippen LogP contribution in [0.2, 0.25) is 0 Å². The second kappa shape index (κ2) is 7.34. The van der Waals surface area contributed by atoms with Gasteiger partial charge in [0.05, 0.1) is 11.5 Å². The van der Waals surface area contributed by atoms with E-state index in [-0.39, 0.29) is 11.5 Å². The van der Waals surface area contributed by atoms with E-state index >= 15 is 0 Å². The van der Waals surface area contributed by atoms with Crippen molar-refractivity contribution in [3.8, 4) is 0 Å². The van der Waals surface area contributed by atoms with Gasteiger partial charge >= 0.3 is 11.8 Å². The molecule has 0 bridgehead atoms. The molecule has 1 aromatic rings. The van der Waals surface area contributed by atoms with Crippen LogP contribution in [0, 0.1) is 0 Å². The fraction of sp³-hybridized carbons (Fsp3) is 0.529. The van der Waals surface area contributed by atoms with Gasteiger partial charge < -0.3 is 10.2 Å². The first-order chi connectivity index (χ1) is 11.3. The van der Waals surface area contributed by atoms with Gasteiger partial charge in [0, 0.05) is 18.8 Å². The first-order valence-electron chi connectivity index (χ1n) is 8.18. The Morgan fingerprint density at radius 2 is 1.79 bits per heavy atom. The molecule has 2 amide bonds. The zero-order valence-corrected chi connectivity index (χ0v) is 15.1. The summed E-state index contributed by atoms with van der Waals surface area (Å²) in [6.45, 7) is 3.98. The van der Waals surface area contributed by atoms with Gasteiger partial charge in [-0.3, -0.25) is 9.59 Å². The zero-order valence-electron chi connectivity index (χ0n) is 14.3. The molecule has 1 saturated heterocycles. The molecule has 6 nitrogen and oxygen atoms in total. The molecule has 0 radical (unpaired) electrons. The normalized spacial score (nSPS) is 19.0. The van der Waals surface area contributed by atoms with E-state index in [1.54, 1.807) is 0 Å². The van der Waals surface area contributed by atoms with Crippen LogP contribution in [0.3, 0.4) is 0 Å². The van der Waals surface area contributed by atoms with Crippen molar-refractivity contribution in [2.75, 3.05) is 23.9 Å². The van der Waals surface area contributed by atoms with Crippen LogP contribution in [0.15, 0.2) is 18.2 Å². The van der Waals surface area contributed by atoms with Crippen molar-refractivity contribution in [1.82, 2.24) is 4.90 Å². The van der Waals surface area contributed by atoms with E-state index in [0.717, 1.165) is 24.0 Å². The number of benzene rings is 1. The van der Waals surface area contributed by atoms with E-state index in [0.29, 0.717) is 12.1 Å². The van der Waals surface area contributed by atoms with Gasteiger partial charge in [0.15, 0.2) is 9.84 Å². The summed E-state index contributed by atoms with van der Waals surface area (Å²) < 4.78 is 23.1. The minimum Gasteiger partial charge on any atom is -0.333 e. The van der Waals surface area contributed by atoms with Gasteiger partial charge in [-0.05, 0) is 30.4 Å².